The number of hydrogen-bond acceptors (Lipinski definition) is 6. The molecule has 2 heterocycles. The van der Waals surface area contributed by atoms with Crippen molar-refractivity contribution in [1.82, 2.24) is 4.57 Å². The number of nitrogens with zero attached hydrogens (tertiary/aromatic N) is 1. The summed E-state index contributed by atoms with van der Waals surface area (Å²) in [4.78, 5) is 23.0. The lowest BCUT2D eigenvalue weighted by Gasteiger charge is -2.23. The molecule has 9 heteroatoms. The molecule has 4 rings (SSSR count). The van der Waals surface area contributed by atoms with Crippen molar-refractivity contribution in [1.29, 1.82) is 0 Å². The monoisotopic (exact) mass is 458 g/mol. The van der Waals surface area contributed by atoms with Crippen molar-refractivity contribution in [2.75, 3.05) is 20.3 Å². The molecule has 1 aromatic heterocycles. The number of aromatic nitrogens is 1. The molecule has 0 saturated heterocycles. The third-order valence-electron chi connectivity index (χ3n) is 5.37. The molecule has 0 spiro atoms. The zero-order chi connectivity index (χ0) is 22.7. The molecule has 0 fully saturated rings. The number of benzene rings is 2. The van der Waals surface area contributed by atoms with E-state index < -0.39 is 8.25 Å². The summed E-state index contributed by atoms with van der Waals surface area (Å²) in [6.07, 6.45) is 3.91. The van der Waals surface area contributed by atoms with E-state index in [0.717, 1.165) is 18.4 Å². The molecule has 0 amide bonds. The van der Waals surface area contributed by atoms with Gasteiger partial charge in [0.05, 0.1) is 31.2 Å². The molecule has 168 valence electrons. The van der Waals surface area contributed by atoms with Crippen molar-refractivity contribution in [3.63, 3.8) is 0 Å². The summed E-state index contributed by atoms with van der Waals surface area (Å²) >= 11 is 0. The third kappa shape index (κ3) is 4.35. The summed E-state index contributed by atoms with van der Waals surface area (Å²) in [5.74, 6) is 1.80. The second-order valence-electron chi connectivity index (χ2n) is 7.44. The zero-order valence-corrected chi connectivity index (χ0v) is 18.9. The standard InChI is InChI=1S/C23H24NO7P/c1-3-10-29-20-12-19-17(5-4-11-30-19)21-22(20)24(14-31-32(26)27)13-18(23(21)25)15-6-8-16(28-2)9-7-15/h6-9,12-13H,3-5,10-11,14H2,1-2H3/p+1. The average Bonchev–Trinajstić information content (AvgIpc) is 2.81. The van der Waals surface area contributed by atoms with Crippen LogP contribution < -0.4 is 19.6 Å². The first-order valence-electron chi connectivity index (χ1n) is 10.5. The highest BCUT2D eigenvalue weighted by molar-refractivity contribution is 7.32. The molecule has 32 heavy (non-hydrogen) atoms. The highest BCUT2D eigenvalue weighted by atomic mass is 31.1. The smallest absolute Gasteiger partial charge is 0.497 e. The Morgan fingerprint density at radius 2 is 2.03 bits per heavy atom. The maximum absolute atomic E-state index is 13.8. The second kappa shape index (κ2) is 9.69. The molecule has 2 aromatic carbocycles. The van der Waals surface area contributed by atoms with Crippen molar-refractivity contribution in [3.05, 3.63) is 52.3 Å². The van der Waals surface area contributed by atoms with Gasteiger partial charge in [0, 0.05) is 28.0 Å². The largest absolute Gasteiger partial charge is 0.696 e. The molecule has 1 aliphatic rings. The normalized spacial score (nSPS) is 13.4. The molecule has 0 aliphatic carbocycles. The first-order chi connectivity index (χ1) is 15.5. The van der Waals surface area contributed by atoms with Crippen molar-refractivity contribution in [2.45, 2.75) is 32.9 Å². The fraction of sp³-hybridized carbons (Fsp3) is 0.348. The Balaban J connectivity index is 2.02. The Morgan fingerprint density at radius 1 is 1.25 bits per heavy atom. The van der Waals surface area contributed by atoms with E-state index in [1.807, 2.05) is 6.92 Å². The molecule has 0 bridgehead atoms. The number of hydrogen-bond donors (Lipinski definition) is 1. The van der Waals surface area contributed by atoms with Crippen molar-refractivity contribution in [2.24, 2.45) is 0 Å². The van der Waals surface area contributed by atoms with Gasteiger partial charge in [0.1, 0.15) is 17.2 Å². The quantitative estimate of drug-likeness (QED) is 0.500. The number of rotatable bonds is 8. The molecular formula is C23H25NO7P+. The fourth-order valence-corrected chi connectivity index (χ4v) is 4.15. The maximum Gasteiger partial charge on any atom is 0.696 e. The molecule has 1 unspecified atom stereocenters. The fourth-order valence-electron chi connectivity index (χ4n) is 3.93. The van der Waals surface area contributed by atoms with Crippen LogP contribution in [0.5, 0.6) is 17.2 Å². The summed E-state index contributed by atoms with van der Waals surface area (Å²) in [5, 5.41) is 0.485. The van der Waals surface area contributed by atoms with Gasteiger partial charge in [-0.05, 0) is 37.0 Å². The number of pyridine rings is 1. The van der Waals surface area contributed by atoms with Crippen LogP contribution in [0.1, 0.15) is 25.3 Å². The molecule has 1 aliphatic heterocycles. The second-order valence-corrected chi connectivity index (χ2v) is 8.18. The van der Waals surface area contributed by atoms with Crippen LogP contribution in [0.4, 0.5) is 0 Å². The van der Waals surface area contributed by atoms with Crippen molar-refractivity contribution >= 4 is 19.2 Å². The Labute approximate surface area is 186 Å². The van der Waals surface area contributed by atoms with Gasteiger partial charge in [-0.15, -0.1) is 4.89 Å². The summed E-state index contributed by atoms with van der Waals surface area (Å²) in [6, 6.07) is 8.97. The van der Waals surface area contributed by atoms with E-state index in [0.29, 0.717) is 58.9 Å². The van der Waals surface area contributed by atoms with Crippen molar-refractivity contribution in [3.8, 4) is 28.4 Å². The minimum Gasteiger partial charge on any atom is -0.497 e. The number of ether oxygens (including phenoxy) is 3. The van der Waals surface area contributed by atoms with Gasteiger partial charge in [0.2, 0.25) is 0 Å². The molecule has 1 atom stereocenters. The van der Waals surface area contributed by atoms with E-state index in [1.165, 1.54) is 0 Å². The summed E-state index contributed by atoms with van der Waals surface area (Å²) in [7, 11) is -1.24. The lowest BCUT2D eigenvalue weighted by atomic mass is 9.96. The van der Waals surface area contributed by atoms with E-state index in [2.05, 4.69) is 0 Å². The Hall–Kier alpha value is -2.93. The highest BCUT2D eigenvalue weighted by Gasteiger charge is 2.25. The van der Waals surface area contributed by atoms with Crippen LogP contribution in [0, 0.1) is 0 Å². The zero-order valence-electron chi connectivity index (χ0n) is 18.0. The topological polar surface area (TPSA) is 96.2 Å². The van der Waals surface area contributed by atoms with E-state index in [4.69, 9.17) is 18.7 Å². The minimum atomic E-state index is -2.82. The average molecular weight is 458 g/mol. The van der Waals surface area contributed by atoms with Crippen LogP contribution in [-0.2, 0) is 22.2 Å². The molecular weight excluding hydrogens is 433 g/mol. The van der Waals surface area contributed by atoms with Crippen molar-refractivity contribution < 1.29 is 28.2 Å². The van der Waals surface area contributed by atoms with Gasteiger partial charge in [-0.1, -0.05) is 23.6 Å². The SMILES string of the molecule is CCCOc1cc2c(c3c(=O)c(-c4ccc(OC)cc4)cn(CO[P+](=O)O)c13)CCCO2. The Kier molecular flexibility index (Phi) is 6.74. The van der Waals surface area contributed by atoms with Crippen LogP contribution in [0.25, 0.3) is 22.0 Å². The van der Waals surface area contributed by atoms with Crippen LogP contribution in [0.2, 0.25) is 0 Å². The maximum atomic E-state index is 13.8. The highest BCUT2D eigenvalue weighted by Crippen LogP contribution is 2.39. The number of fused-ring (bicyclic) bond motifs is 3. The van der Waals surface area contributed by atoms with Crippen LogP contribution in [0.15, 0.2) is 41.3 Å². The molecule has 0 saturated carbocycles. The predicted octanol–water partition coefficient (Wildman–Crippen LogP) is 4.41. The van der Waals surface area contributed by atoms with Crippen LogP contribution in [0.3, 0.4) is 0 Å². The van der Waals surface area contributed by atoms with Gasteiger partial charge in [0.25, 0.3) is 0 Å². The lowest BCUT2D eigenvalue weighted by molar-refractivity contribution is 0.220. The van der Waals surface area contributed by atoms with Gasteiger partial charge >= 0.3 is 8.25 Å². The van der Waals surface area contributed by atoms with Gasteiger partial charge < -0.3 is 18.8 Å². The molecule has 8 nitrogen and oxygen atoms in total. The molecule has 3 aromatic rings. The number of aryl methyl sites for hydroxylation is 1. The summed E-state index contributed by atoms with van der Waals surface area (Å²) in [6.45, 7) is 2.81. The van der Waals surface area contributed by atoms with Gasteiger partial charge in [-0.3, -0.25) is 4.79 Å². The van der Waals surface area contributed by atoms with Gasteiger partial charge in [0.15, 0.2) is 12.2 Å². The van der Waals surface area contributed by atoms with E-state index >= 15 is 0 Å². The Morgan fingerprint density at radius 3 is 2.72 bits per heavy atom. The predicted molar refractivity (Wildman–Crippen MR) is 121 cm³/mol. The third-order valence-corrected chi connectivity index (χ3v) is 5.71. The van der Waals surface area contributed by atoms with Gasteiger partial charge in [-0.25, -0.2) is 0 Å². The molecule has 0 radical (unpaired) electrons. The van der Waals surface area contributed by atoms with Crippen LogP contribution >= 0.6 is 8.25 Å². The first-order valence-corrected chi connectivity index (χ1v) is 11.6. The van der Waals surface area contributed by atoms with E-state index in [1.54, 1.807) is 48.2 Å². The van der Waals surface area contributed by atoms with Gasteiger partial charge in [-0.2, -0.15) is 0 Å². The lowest BCUT2D eigenvalue weighted by Crippen LogP contribution is -2.19. The van der Waals surface area contributed by atoms with Crippen LogP contribution in [-0.4, -0.2) is 29.8 Å². The van der Waals surface area contributed by atoms with E-state index in [-0.39, 0.29) is 12.2 Å². The first kappa shape index (κ1) is 22.3. The Bertz CT molecular complexity index is 1200. The minimum absolute atomic E-state index is 0.154. The van der Waals surface area contributed by atoms with E-state index in [9.17, 15) is 14.3 Å². The summed E-state index contributed by atoms with van der Waals surface area (Å²) in [5.41, 5.74) is 2.33. The molecule has 1 N–H and O–H groups in total. The summed E-state index contributed by atoms with van der Waals surface area (Å²) < 4.78 is 35.0. The number of methoxy groups -OCH3 is 1.